The van der Waals surface area contributed by atoms with Crippen LogP contribution in [0, 0.1) is 0 Å². The smallest absolute Gasteiger partial charge is 0.264 e. The third-order valence-electron chi connectivity index (χ3n) is 4.65. The molecule has 0 aromatic heterocycles. The lowest BCUT2D eigenvalue weighted by Crippen LogP contribution is -2.32. The van der Waals surface area contributed by atoms with E-state index in [9.17, 15) is 13.2 Å². The Kier molecular flexibility index (Phi) is 8.94. The van der Waals surface area contributed by atoms with Crippen LogP contribution in [-0.4, -0.2) is 40.3 Å². The Labute approximate surface area is 177 Å². The highest BCUT2D eigenvalue weighted by Gasteiger charge is 2.24. The van der Waals surface area contributed by atoms with E-state index in [1.54, 1.807) is 49.0 Å². The lowest BCUT2D eigenvalue weighted by Gasteiger charge is -2.25. The summed E-state index contributed by atoms with van der Waals surface area (Å²) in [6.07, 6.45) is 3.00. The molecule has 0 heterocycles. The highest BCUT2D eigenvalue weighted by molar-refractivity contribution is 7.92. The van der Waals surface area contributed by atoms with E-state index in [1.807, 2.05) is 0 Å². The topological polar surface area (TPSA) is 105 Å². The van der Waals surface area contributed by atoms with Gasteiger partial charge in [-0.15, -0.1) is 0 Å². The number of hydroxylamine groups is 1. The van der Waals surface area contributed by atoms with Crippen LogP contribution in [0.1, 0.15) is 32.1 Å². The second kappa shape index (κ2) is 11.4. The fraction of sp³-hybridized carbons (Fsp3) is 0.381. The largest absolute Gasteiger partial charge is 0.497 e. The van der Waals surface area contributed by atoms with Gasteiger partial charge in [0.05, 0.1) is 24.8 Å². The third-order valence-corrected chi connectivity index (χ3v) is 6.49. The maximum atomic E-state index is 13.3. The van der Waals surface area contributed by atoms with Crippen LogP contribution in [0.25, 0.3) is 0 Å². The van der Waals surface area contributed by atoms with Gasteiger partial charge in [0, 0.05) is 13.0 Å². The Morgan fingerprint density at radius 1 is 0.900 bits per heavy atom. The van der Waals surface area contributed by atoms with Gasteiger partial charge in [-0.1, -0.05) is 12.8 Å². The number of methoxy groups -OCH3 is 2. The molecule has 2 aromatic carbocycles. The number of unbranched alkanes of at least 4 members (excludes halogenated alkanes) is 3. The van der Waals surface area contributed by atoms with Gasteiger partial charge in [0.1, 0.15) is 11.5 Å². The van der Waals surface area contributed by atoms with Gasteiger partial charge in [0.2, 0.25) is 5.91 Å². The molecule has 0 aliphatic carbocycles. The molecule has 0 spiro atoms. The van der Waals surface area contributed by atoms with Crippen molar-refractivity contribution in [3.8, 4) is 11.5 Å². The lowest BCUT2D eigenvalue weighted by molar-refractivity contribution is -0.129. The quantitative estimate of drug-likeness (QED) is 0.300. The summed E-state index contributed by atoms with van der Waals surface area (Å²) < 4.78 is 38.3. The Morgan fingerprint density at radius 2 is 1.43 bits per heavy atom. The van der Waals surface area contributed by atoms with Crippen LogP contribution in [0.5, 0.6) is 11.5 Å². The molecule has 2 N–H and O–H groups in total. The number of ether oxygens (including phenoxy) is 2. The normalized spacial score (nSPS) is 11.0. The van der Waals surface area contributed by atoms with Crippen LogP contribution in [-0.2, 0) is 14.8 Å². The minimum absolute atomic E-state index is 0.179. The van der Waals surface area contributed by atoms with Crippen LogP contribution in [0.3, 0.4) is 0 Å². The maximum absolute atomic E-state index is 13.3. The van der Waals surface area contributed by atoms with Crippen LogP contribution in [0.2, 0.25) is 0 Å². The number of nitrogens with one attached hydrogen (secondary N) is 1. The van der Waals surface area contributed by atoms with Crippen molar-refractivity contribution in [1.82, 2.24) is 5.48 Å². The zero-order chi connectivity index (χ0) is 22.0. The number of carbonyl (C=O) groups excluding carboxylic acids is 1. The van der Waals surface area contributed by atoms with Crippen LogP contribution < -0.4 is 19.3 Å². The zero-order valence-electron chi connectivity index (χ0n) is 17.2. The predicted molar refractivity (Wildman–Crippen MR) is 114 cm³/mol. The summed E-state index contributed by atoms with van der Waals surface area (Å²) in [6, 6.07) is 13.2. The van der Waals surface area contributed by atoms with Crippen LogP contribution in [0.15, 0.2) is 53.4 Å². The number of amides is 1. The van der Waals surface area contributed by atoms with Crippen LogP contribution >= 0.6 is 0 Å². The van der Waals surface area contributed by atoms with Crippen molar-refractivity contribution < 1.29 is 27.9 Å². The standard InChI is InChI=1S/C21H28N2O6S/c1-28-18-10-8-17(9-11-18)23(16-6-4-3-5-7-21(24)22-25)30(26,27)20-14-12-19(29-2)13-15-20/h8-15,25H,3-7,16H2,1-2H3,(H,22,24). The number of anilines is 1. The van der Waals surface area contributed by atoms with E-state index in [1.165, 1.54) is 23.5 Å². The fourth-order valence-corrected chi connectivity index (χ4v) is 4.47. The number of nitrogens with zero attached hydrogens (tertiary/aromatic N) is 1. The SMILES string of the molecule is COc1ccc(N(CCCCCCC(=O)NO)S(=O)(=O)c2ccc(OC)cc2)cc1. The summed E-state index contributed by atoms with van der Waals surface area (Å²) in [4.78, 5) is 11.2. The van der Waals surface area contributed by atoms with Gasteiger partial charge >= 0.3 is 0 Å². The summed E-state index contributed by atoms with van der Waals surface area (Å²) in [5.41, 5.74) is 2.15. The molecule has 0 saturated carbocycles. The molecular formula is C21H28N2O6S. The minimum atomic E-state index is -3.77. The van der Waals surface area contributed by atoms with E-state index in [0.29, 0.717) is 36.6 Å². The van der Waals surface area contributed by atoms with Crippen molar-refractivity contribution >= 4 is 21.6 Å². The predicted octanol–water partition coefficient (Wildman–Crippen LogP) is 3.36. The van der Waals surface area contributed by atoms with Gasteiger partial charge in [-0.3, -0.25) is 14.3 Å². The van der Waals surface area contributed by atoms with E-state index in [2.05, 4.69) is 0 Å². The molecule has 9 heteroatoms. The molecule has 1 amide bonds. The van der Waals surface area contributed by atoms with E-state index in [-0.39, 0.29) is 11.3 Å². The average Bonchev–Trinajstić information content (AvgIpc) is 2.78. The van der Waals surface area contributed by atoms with Gasteiger partial charge in [-0.2, -0.15) is 0 Å². The Morgan fingerprint density at radius 3 is 1.97 bits per heavy atom. The first kappa shape index (κ1) is 23.5. The Bertz CT molecular complexity index is 898. The number of rotatable bonds is 12. The van der Waals surface area contributed by atoms with Gasteiger partial charge in [0.15, 0.2) is 0 Å². The summed E-state index contributed by atoms with van der Waals surface area (Å²) in [6.45, 7) is 0.298. The molecule has 0 fully saturated rings. The minimum Gasteiger partial charge on any atom is -0.497 e. The summed E-state index contributed by atoms with van der Waals surface area (Å²) >= 11 is 0. The summed E-state index contributed by atoms with van der Waals surface area (Å²) in [5.74, 6) is 0.802. The van der Waals surface area contributed by atoms with Gasteiger partial charge in [0.25, 0.3) is 10.0 Å². The Balaban J connectivity index is 2.14. The van der Waals surface area contributed by atoms with Gasteiger partial charge < -0.3 is 9.47 Å². The van der Waals surface area contributed by atoms with E-state index >= 15 is 0 Å². The first-order valence-corrected chi connectivity index (χ1v) is 11.1. The molecule has 0 aliphatic rings. The number of hydrogen-bond donors (Lipinski definition) is 2. The Hall–Kier alpha value is -2.78. The van der Waals surface area contributed by atoms with Gasteiger partial charge in [-0.05, 0) is 61.4 Å². The monoisotopic (exact) mass is 436 g/mol. The second-order valence-electron chi connectivity index (χ2n) is 6.65. The first-order chi connectivity index (χ1) is 14.4. The highest BCUT2D eigenvalue weighted by atomic mass is 32.2. The van der Waals surface area contributed by atoms with Crippen molar-refractivity contribution in [3.05, 3.63) is 48.5 Å². The molecule has 8 nitrogen and oxygen atoms in total. The van der Waals surface area contributed by atoms with Crippen molar-refractivity contribution in [3.63, 3.8) is 0 Å². The molecule has 0 saturated heterocycles. The average molecular weight is 437 g/mol. The van der Waals surface area contributed by atoms with Crippen molar-refractivity contribution in [2.75, 3.05) is 25.1 Å². The van der Waals surface area contributed by atoms with Gasteiger partial charge in [-0.25, -0.2) is 13.9 Å². The maximum Gasteiger partial charge on any atom is 0.264 e. The first-order valence-electron chi connectivity index (χ1n) is 9.66. The van der Waals surface area contributed by atoms with E-state index in [0.717, 1.165) is 12.8 Å². The third kappa shape index (κ3) is 6.36. The summed E-state index contributed by atoms with van der Waals surface area (Å²) in [7, 11) is -0.690. The lowest BCUT2D eigenvalue weighted by atomic mass is 10.1. The summed E-state index contributed by atoms with van der Waals surface area (Å²) in [5, 5.41) is 8.51. The molecule has 0 bridgehead atoms. The number of benzene rings is 2. The fourth-order valence-electron chi connectivity index (χ4n) is 2.96. The second-order valence-corrected chi connectivity index (χ2v) is 8.51. The molecule has 164 valence electrons. The zero-order valence-corrected chi connectivity index (χ0v) is 18.0. The molecular weight excluding hydrogens is 408 g/mol. The molecule has 0 atom stereocenters. The molecule has 2 rings (SSSR count). The van der Waals surface area contributed by atoms with Crippen LogP contribution in [0.4, 0.5) is 5.69 Å². The van der Waals surface area contributed by atoms with Crippen molar-refractivity contribution in [2.24, 2.45) is 0 Å². The number of hydrogen-bond acceptors (Lipinski definition) is 6. The molecule has 0 radical (unpaired) electrons. The number of sulfonamides is 1. The van der Waals surface area contributed by atoms with Crippen molar-refractivity contribution in [2.45, 2.75) is 37.0 Å². The molecule has 0 aliphatic heterocycles. The molecule has 0 unspecified atom stereocenters. The molecule has 2 aromatic rings. The highest BCUT2D eigenvalue weighted by Crippen LogP contribution is 2.27. The molecule has 30 heavy (non-hydrogen) atoms. The van der Waals surface area contributed by atoms with Crippen molar-refractivity contribution in [1.29, 1.82) is 0 Å². The van der Waals surface area contributed by atoms with E-state index < -0.39 is 15.9 Å². The number of carbonyl (C=O) groups is 1. The van der Waals surface area contributed by atoms with E-state index in [4.69, 9.17) is 14.7 Å².